The van der Waals surface area contributed by atoms with Gasteiger partial charge >= 0.3 is 0 Å². The Kier molecular flexibility index (Phi) is 4.56. The monoisotopic (exact) mass is 239 g/mol. The van der Waals surface area contributed by atoms with Crippen molar-refractivity contribution in [3.8, 4) is 0 Å². The number of rotatable bonds is 5. The van der Waals surface area contributed by atoms with E-state index in [0.717, 1.165) is 5.56 Å². The molecule has 1 unspecified atom stereocenters. The van der Waals surface area contributed by atoms with Crippen molar-refractivity contribution in [1.29, 1.82) is 0 Å². The minimum Gasteiger partial charge on any atom is -0.397 e. The highest BCUT2D eigenvalue weighted by molar-refractivity contribution is 5.80. The van der Waals surface area contributed by atoms with Gasteiger partial charge in [-0.15, -0.1) is 0 Å². The van der Waals surface area contributed by atoms with Crippen LogP contribution in [0.1, 0.15) is 12.5 Å². The average Bonchev–Trinajstić information content (AvgIpc) is 2.22. The van der Waals surface area contributed by atoms with Crippen LogP contribution in [0.5, 0.6) is 0 Å². The molecular formula is C11H21N5O. The van der Waals surface area contributed by atoms with Crippen LogP contribution in [0.2, 0.25) is 0 Å². The Labute approximate surface area is 101 Å². The van der Waals surface area contributed by atoms with Crippen LogP contribution in [-0.4, -0.2) is 19.7 Å². The molecule has 0 saturated carbocycles. The Bertz CT molecular complexity index is 378. The van der Waals surface area contributed by atoms with Gasteiger partial charge < -0.3 is 26.9 Å². The fraction of sp³-hybridized carbons (Fsp3) is 0.455. The first-order valence-electron chi connectivity index (χ1n) is 5.41. The van der Waals surface area contributed by atoms with Gasteiger partial charge in [0.25, 0.3) is 0 Å². The number of hydrogen-bond acceptors (Lipinski definition) is 6. The summed E-state index contributed by atoms with van der Waals surface area (Å²) in [5, 5.41) is 1.43. The normalized spacial score (nSPS) is 12.5. The molecule has 6 nitrogen and oxygen atoms in total. The molecule has 0 aliphatic rings. The summed E-state index contributed by atoms with van der Waals surface area (Å²) in [7, 11) is 1.71. The summed E-state index contributed by atoms with van der Waals surface area (Å²) in [6.07, 6.45) is 0. The number of nitrogen functional groups attached to an aromatic ring is 2. The largest absolute Gasteiger partial charge is 0.397 e. The molecule has 0 bridgehead atoms. The Hall–Kier alpha value is -1.50. The molecule has 1 aromatic rings. The molecule has 0 amide bonds. The molecule has 0 fully saturated rings. The van der Waals surface area contributed by atoms with Crippen molar-refractivity contribution in [2.24, 2.45) is 11.6 Å². The highest BCUT2D eigenvalue weighted by Gasteiger charge is 2.08. The fourth-order valence-corrected chi connectivity index (χ4v) is 1.46. The van der Waals surface area contributed by atoms with E-state index < -0.39 is 0 Å². The van der Waals surface area contributed by atoms with Gasteiger partial charge in [-0.1, -0.05) is 0 Å². The molecule has 0 aliphatic heterocycles. The van der Waals surface area contributed by atoms with Crippen LogP contribution < -0.4 is 28.1 Å². The van der Waals surface area contributed by atoms with E-state index in [2.05, 4.69) is 0 Å². The number of nitrogens with two attached hydrogens (primary N) is 4. The van der Waals surface area contributed by atoms with Gasteiger partial charge in [-0.25, -0.2) is 5.84 Å². The molecule has 6 heteroatoms. The van der Waals surface area contributed by atoms with Crippen LogP contribution in [0.15, 0.2) is 12.1 Å². The molecule has 17 heavy (non-hydrogen) atoms. The quantitative estimate of drug-likeness (QED) is 0.327. The van der Waals surface area contributed by atoms with Gasteiger partial charge in [0, 0.05) is 13.1 Å². The van der Waals surface area contributed by atoms with Gasteiger partial charge in [0.05, 0.1) is 30.3 Å². The van der Waals surface area contributed by atoms with Crippen LogP contribution in [0.3, 0.4) is 0 Å². The van der Waals surface area contributed by atoms with E-state index in [-0.39, 0.29) is 6.04 Å². The fourth-order valence-electron chi connectivity index (χ4n) is 1.46. The third-order valence-corrected chi connectivity index (χ3v) is 2.28. The molecule has 0 aliphatic carbocycles. The molecule has 1 aromatic carbocycles. The predicted octanol–water partition coefficient (Wildman–Crippen LogP) is 0.0247. The molecule has 0 spiro atoms. The molecule has 8 N–H and O–H groups in total. The lowest BCUT2D eigenvalue weighted by atomic mass is 10.1. The first-order chi connectivity index (χ1) is 7.91. The van der Waals surface area contributed by atoms with Crippen molar-refractivity contribution in [1.82, 2.24) is 0 Å². The second-order valence-corrected chi connectivity index (χ2v) is 4.22. The first-order valence-corrected chi connectivity index (χ1v) is 5.41. The number of ether oxygens (including phenoxy) is 1. The summed E-state index contributed by atoms with van der Waals surface area (Å²) in [4.78, 5) is 0. The van der Waals surface area contributed by atoms with Gasteiger partial charge in [-0.2, -0.15) is 0 Å². The van der Waals surface area contributed by atoms with Gasteiger partial charge in [-0.05, 0) is 24.6 Å². The maximum Gasteiger partial charge on any atom is 0.0799 e. The molecule has 0 heterocycles. The van der Waals surface area contributed by atoms with E-state index in [1.54, 1.807) is 13.1 Å². The molecule has 0 saturated heterocycles. The zero-order valence-corrected chi connectivity index (χ0v) is 10.3. The summed E-state index contributed by atoms with van der Waals surface area (Å²) in [6.45, 7) is 2.82. The van der Waals surface area contributed by atoms with Gasteiger partial charge in [0.15, 0.2) is 0 Å². The van der Waals surface area contributed by atoms with E-state index in [1.807, 2.05) is 13.0 Å². The number of anilines is 3. The average molecular weight is 239 g/mol. The minimum atomic E-state index is 0.0118. The maximum absolute atomic E-state index is 5.82. The lowest BCUT2D eigenvalue weighted by Gasteiger charge is -2.18. The first kappa shape index (κ1) is 13.6. The van der Waals surface area contributed by atoms with Crippen molar-refractivity contribution < 1.29 is 4.74 Å². The van der Waals surface area contributed by atoms with E-state index in [4.69, 9.17) is 27.8 Å². The topological polar surface area (TPSA) is 117 Å². The maximum atomic E-state index is 5.82. The smallest absolute Gasteiger partial charge is 0.0799 e. The number of benzene rings is 1. The highest BCUT2D eigenvalue weighted by Crippen LogP contribution is 2.28. The van der Waals surface area contributed by atoms with Crippen LogP contribution in [0.4, 0.5) is 17.1 Å². The van der Waals surface area contributed by atoms with Crippen molar-refractivity contribution in [2.45, 2.75) is 19.6 Å². The van der Waals surface area contributed by atoms with Crippen molar-refractivity contribution in [2.75, 3.05) is 30.1 Å². The zero-order valence-electron chi connectivity index (χ0n) is 10.3. The van der Waals surface area contributed by atoms with Crippen molar-refractivity contribution in [3.05, 3.63) is 17.7 Å². The minimum absolute atomic E-state index is 0.0118. The summed E-state index contributed by atoms with van der Waals surface area (Å²) >= 11 is 0. The predicted molar refractivity (Wildman–Crippen MR) is 71.2 cm³/mol. The van der Waals surface area contributed by atoms with E-state index in [0.29, 0.717) is 30.3 Å². The summed E-state index contributed by atoms with van der Waals surface area (Å²) < 4.78 is 5.43. The lowest BCUT2D eigenvalue weighted by molar-refractivity contribution is 0.111. The third-order valence-electron chi connectivity index (χ3n) is 2.28. The SMILES string of the molecule is CC(N)COCc1cc(N)c(N)c(N(C)N)c1. The van der Waals surface area contributed by atoms with E-state index >= 15 is 0 Å². The number of hydrogen-bond donors (Lipinski definition) is 4. The Morgan fingerprint density at radius 2 is 2.00 bits per heavy atom. The lowest BCUT2D eigenvalue weighted by Crippen LogP contribution is -2.26. The molecule has 1 rings (SSSR count). The van der Waals surface area contributed by atoms with Crippen LogP contribution in [0.25, 0.3) is 0 Å². The number of nitrogens with zero attached hydrogens (tertiary/aromatic N) is 1. The van der Waals surface area contributed by atoms with Crippen LogP contribution in [-0.2, 0) is 11.3 Å². The van der Waals surface area contributed by atoms with Crippen molar-refractivity contribution >= 4 is 17.1 Å². The molecule has 0 radical (unpaired) electrons. The van der Waals surface area contributed by atoms with E-state index in [1.165, 1.54) is 5.01 Å². The van der Waals surface area contributed by atoms with E-state index in [9.17, 15) is 0 Å². The Morgan fingerprint density at radius 3 is 2.53 bits per heavy atom. The molecule has 1 atom stereocenters. The van der Waals surface area contributed by atoms with Gasteiger partial charge in [-0.3, -0.25) is 0 Å². The molecule has 0 aromatic heterocycles. The summed E-state index contributed by atoms with van der Waals surface area (Å²) in [5.74, 6) is 5.67. The summed E-state index contributed by atoms with van der Waals surface area (Å²) in [5.41, 5.74) is 19.8. The number of hydrazine groups is 1. The second-order valence-electron chi connectivity index (χ2n) is 4.22. The standard InChI is InChI=1S/C11H21N5O/c1-7(12)5-17-6-8-3-9(13)11(14)10(4-8)16(2)15/h3-4,7H,5-6,12-15H2,1-2H3. The Balaban J connectivity index is 2.80. The second kappa shape index (κ2) is 5.72. The van der Waals surface area contributed by atoms with Gasteiger partial charge in [0.2, 0.25) is 0 Å². The van der Waals surface area contributed by atoms with Crippen LogP contribution in [0, 0.1) is 0 Å². The third kappa shape index (κ3) is 3.77. The zero-order chi connectivity index (χ0) is 13.0. The molecular weight excluding hydrogens is 218 g/mol. The van der Waals surface area contributed by atoms with Gasteiger partial charge in [0.1, 0.15) is 0 Å². The highest BCUT2D eigenvalue weighted by atomic mass is 16.5. The van der Waals surface area contributed by atoms with Crippen LogP contribution >= 0.6 is 0 Å². The summed E-state index contributed by atoms with van der Waals surface area (Å²) in [6, 6.07) is 3.65. The van der Waals surface area contributed by atoms with Crippen molar-refractivity contribution in [3.63, 3.8) is 0 Å². The Morgan fingerprint density at radius 1 is 1.35 bits per heavy atom. The molecule has 96 valence electrons.